The fraction of sp³-hybridized carbons (Fsp3) is 0.500. The van der Waals surface area contributed by atoms with E-state index in [0.717, 1.165) is 31.6 Å². The van der Waals surface area contributed by atoms with E-state index >= 15 is 0 Å². The van der Waals surface area contributed by atoms with Crippen LogP contribution in [0.1, 0.15) is 66.7 Å². The van der Waals surface area contributed by atoms with Crippen LogP contribution in [0.15, 0.2) is 30.3 Å². The Kier molecular flexibility index (Phi) is 7.82. The first-order chi connectivity index (χ1) is 14.5. The van der Waals surface area contributed by atoms with E-state index in [1.54, 1.807) is 11.6 Å². The molecule has 1 fully saturated rings. The van der Waals surface area contributed by atoms with Gasteiger partial charge in [0.15, 0.2) is 0 Å². The molecular formula is C24H34N4O2. The smallest absolute Gasteiger partial charge is 0.267 e. The van der Waals surface area contributed by atoms with E-state index in [1.165, 1.54) is 54.3 Å². The number of amides is 1. The Balaban J connectivity index is 1.63. The number of rotatable bonds is 9. The van der Waals surface area contributed by atoms with Crippen molar-refractivity contribution in [2.45, 2.75) is 65.5 Å². The summed E-state index contributed by atoms with van der Waals surface area (Å²) >= 11 is 0. The largest absolute Gasteiger partial charge is 0.296 e. The molecule has 6 heteroatoms. The van der Waals surface area contributed by atoms with Crippen LogP contribution in [0, 0.1) is 13.8 Å². The molecule has 0 saturated carbocycles. The lowest BCUT2D eigenvalue weighted by atomic mass is 10.0. The lowest BCUT2D eigenvalue weighted by Crippen LogP contribution is -2.26. The maximum atomic E-state index is 11.1. The van der Waals surface area contributed by atoms with E-state index in [-0.39, 0.29) is 0 Å². The Morgan fingerprint density at radius 3 is 2.73 bits per heavy atom. The van der Waals surface area contributed by atoms with Crippen LogP contribution < -0.4 is 5.48 Å². The van der Waals surface area contributed by atoms with Gasteiger partial charge in [-0.15, -0.1) is 0 Å². The van der Waals surface area contributed by atoms with Gasteiger partial charge in [-0.3, -0.25) is 19.6 Å². The second kappa shape index (κ2) is 10.5. The Morgan fingerprint density at radius 2 is 2.03 bits per heavy atom. The zero-order valence-electron chi connectivity index (χ0n) is 18.4. The molecular weight excluding hydrogens is 376 g/mol. The third-order valence-corrected chi connectivity index (χ3v) is 6.13. The molecule has 0 bridgehead atoms. The molecule has 0 aliphatic carbocycles. The summed E-state index contributed by atoms with van der Waals surface area (Å²) in [4.78, 5) is 13.7. The van der Waals surface area contributed by atoms with Gasteiger partial charge in [-0.2, -0.15) is 5.10 Å². The Hall–Kier alpha value is -2.44. The molecule has 2 N–H and O–H groups in total. The minimum absolute atomic E-state index is 0.444. The number of nitrogens with zero attached hydrogens (tertiary/aromatic N) is 3. The number of hydroxylamine groups is 1. The minimum atomic E-state index is -0.523. The summed E-state index contributed by atoms with van der Waals surface area (Å²) in [5, 5.41) is 13.3. The van der Waals surface area contributed by atoms with Crippen LogP contribution in [0.3, 0.4) is 0 Å². The van der Waals surface area contributed by atoms with Crippen LogP contribution in [0.5, 0.6) is 0 Å². The summed E-state index contributed by atoms with van der Waals surface area (Å²) in [5.74, 6) is -0.523. The van der Waals surface area contributed by atoms with Crippen LogP contribution in [0.4, 0.5) is 0 Å². The van der Waals surface area contributed by atoms with Crippen molar-refractivity contribution in [3.63, 3.8) is 0 Å². The first-order valence-corrected chi connectivity index (χ1v) is 11.0. The van der Waals surface area contributed by atoms with Crippen molar-refractivity contribution in [1.82, 2.24) is 20.2 Å². The van der Waals surface area contributed by atoms with Crippen LogP contribution >= 0.6 is 0 Å². The topological polar surface area (TPSA) is 70.4 Å². The summed E-state index contributed by atoms with van der Waals surface area (Å²) in [6.45, 7) is 9.74. The highest BCUT2D eigenvalue weighted by molar-refractivity contribution is 5.90. The minimum Gasteiger partial charge on any atom is -0.296 e. The summed E-state index contributed by atoms with van der Waals surface area (Å²) in [6, 6.07) is 8.80. The van der Waals surface area contributed by atoms with Gasteiger partial charge in [-0.05, 0) is 68.8 Å². The number of nitrogens with one attached hydrogen (secondary N) is 1. The van der Waals surface area contributed by atoms with Crippen molar-refractivity contribution in [3.05, 3.63) is 58.4 Å². The molecule has 1 aliphatic heterocycles. The van der Waals surface area contributed by atoms with E-state index < -0.39 is 5.91 Å². The third kappa shape index (κ3) is 5.37. The molecule has 2 heterocycles. The molecule has 1 aromatic heterocycles. The predicted molar refractivity (Wildman–Crippen MR) is 119 cm³/mol. The molecule has 6 nitrogen and oxygen atoms in total. The highest BCUT2D eigenvalue weighted by atomic mass is 16.5. The van der Waals surface area contributed by atoms with Crippen molar-refractivity contribution < 1.29 is 10.0 Å². The molecule has 1 atom stereocenters. The molecule has 2 aromatic rings. The molecule has 1 saturated heterocycles. The zero-order chi connectivity index (χ0) is 21.5. The Bertz CT molecular complexity index is 870. The summed E-state index contributed by atoms with van der Waals surface area (Å²) in [7, 11) is 0. The Morgan fingerprint density at radius 1 is 1.27 bits per heavy atom. The molecule has 0 radical (unpaired) electrons. The molecule has 1 amide bonds. The van der Waals surface area contributed by atoms with Gasteiger partial charge in [0.1, 0.15) is 0 Å². The molecule has 1 aromatic carbocycles. The summed E-state index contributed by atoms with van der Waals surface area (Å²) < 4.78 is 2.18. The number of aryl methyl sites for hydroxylation is 2. The van der Waals surface area contributed by atoms with E-state index in [0.29, 0.717) is 6.04 Å². The molecule has 3 rings (SSSR count). The van der Waals surface area contributed by atoms with Gasteiger partial charge < -0.3 is 0 Å². The standard InChI is InChI=1S/C24H34N4O2/c1-4-5-16-28-19(3)22(18(2)25-28)14-17-27-15-6-7-23(27)21-11-8-20(9-12-21)10-13-24(29)26-30/h8-13,23,30H,4-7,14-17H2,1-3H3,(H,26,29)/t23-/m0/s1. The maximum Gasteiger partial charge on any atom is 0.267 e. The van der Waals surface area contributed by atoms with Gasteiger partial charge in [0.2, 0.25) is 0 Å². The van der Waals surface area contributed by atoms with E-state index in [2.05, 4.69) is 42.5 Å². The van der Waals surface area contributed by atoms with Gasteiger partial charge in [0.05, 0.1) is 5.69 Å². The number of benzene rings is 1. The van der Waals surface area contributed by atoms with Gasteiger partial charge in [-0.1, -0.05) is 37.6 Å². The van der Waals surface area contributed by atoms with E-state index in [9.17, 15) is 4.79 Å². The maximum absolute atomic E-state index is 11.1. The normalized spacial score (nSPS) is 17.1. The number of hydrogen-bond acceptors (Lipinski definition) is 4. The molecule has 162 valence electrons. The lowest BCUT2D eigenvalue weighted by molar-refractivity contribution is -0.124. The van der Waals surface area contributed by atoms with Gasteiger partial charge in [0, 0.05) is 30.9 Å². The lowest BCUT2D eigenvalue weighted by Gasteiger charge is -2.25. The first kappa shape index (κ1) is 22.2. The monoisotopic (exact) mass is 410 g/mol. The van der Waals surface area contributed by atoms with Crippen LogP contribution in [0.25, 0.3) is 6.08 Å². The molecule has 1 aliphatic rings. The van der Waals surface area contributed by atoms with Gasteiger partial charge in [0.25, 0.3) is 5.91 Å². The van der Waals surface area contributed by atoms with Crippen molar-refractivity contribution in [2.24, 2.45) is 0 Å². The number of aromatic nitrogens is 2. The van der Waals surface area contributed by atoms with Gasteiger partial charge >= 0.3 is 0 Å². The SMILES string of the molecule is CCCCn1nc(C)c(CCN2CCC[C@H]2c2ccc(C=CC(=O)NO)cc2)c1C. The van der Waals surface area contributed by atoms with Crippen LogP contribution in [-0.2, 0) is 17.8 Å². The number of carbonyl (C=O) groups excluding carboxylic acids is 1. The fourth-order valence-electron chi connectivity index (χ4n) is 4.39. The number of carbonyl (C=O) groups is 1. The number of unbranched alkanes of at least 4 members (excludes halogenated alkanes) is 1. The highest BCUT2D eigenvalue weighted by Crippen LogP contribution is 2.32. The van der Waals surface area contributed by atoms with Crippen LogP contribution in [-0.4, -0.2) is 38.9 Å². The number of hydrogen-bond donors (Lipinski definition) is 2. The van der Waals surface area contributed by atoms with Crippen molar-refractivity contribution >= 4 is 12.0 Å². The van der Waals surface area contributed by atoms with Crippen LogP contribution in [0.2, 0.25) is 0 Å². The summed E-state index contributed by atoms with van der Waals surface area (Å²) in [5.41, 5.74) is 7.76. The second-order valence-electron chi connectivity index (χ2n) is 8.15. The average molecular weight is 411 g/mol. The van der Waals surface area contributed by atoms with E-state index in [1.807, 2.05) is 12.1 Å². The van der Waals surface area contributed by atoms with Crippen molar-refractivity contribution in [3.8, 4) is 0 Å². The third-order valence-electron chi connectivity index (χ3n) is 6.13. The van der Waals surface area contributed by atoms with E-state index in [4.69, 9.17) is 10.3 Å². The predicted octanol–water partition coefficient (Wildman–Crippen LogP) is 4.20. The first-order valence-electron chi connectivity index (χ1n) is 11.0. The quantitative estimate of drug-likeness (QED) is 0.369. The second-order valence-corrected chi connectivity index (χ2v) is 8.15. The van der Waals surface area contributed by atoms with Crippen molar-refractivity contribution in [1.29, 1.82) is 0 Å². The molecule has 30 heavy (non-hydrogen) atoms. The number of likely N-dealkylation sites (tertiary alicyclic amines) is 1. The highest BCUT2D eigenvalue weighted by Gasteiger charge is 2.26. The van der Waals surface area contributed by atoms with Crippen molar-refractivity contribution in [2.75, 3.05) is 13.1 Å². The fourth-order valence-corrected chi connectivity index (χ4v) is 4.39. The molecule has 0 spiro atoms. The molecule has 0 unspecified atom stereocenters. The Labute approximate surface area is 179 Å². The average Bonchev–Trinajstić information content (AvgIpc) is 3.33. The summed E-state index contributed by atoms with van der Waals surface area (Å²) in [6.07, 6.45) is 8.81. The zero-order valence-corrected chi connectivity index (χ0v) is 18.4. The van der Waals surface area contributed by atoms with Gasteiger partial charge in [-0.25, -0.2) is 5.48 Å².